The van der Waals surface area contributed by atoms with E-state index in [1.165, 1.54) is 36.4 Å². The fourth-order valence-electron chi connectivity index (χ4n) is 1.92. The lowest BCUT2D eigenvalue weighted by Crippen LogP contribution is -2.25. The molecule has 0 saturated heterocycles. The van der Waals surface area contributed by atoms with Gasteiger partial charge in [-0.15, -0.1) is 0 Å². The van der Waals surface area contributed by atoms with E-state index in [2.05, 4.69) is 10.0 Å². The van der Waals surface area contributed by atoms with Crippen LogP contribution >= 0.6 is 0 Å². The third kappa shape index (κ3) is 4.77. The molecule has 0 aromatic heterocycles. The van der Waals surface area contributed by atoms with E-state index < -0.39 is 21.7 Å². The van der Waals surface area contributed by atoms with Gasteiger partial charge in [0.15, 0.2) is 0 Å². The first-order chi connectivity index (χ1) is 11.4. The second kappa shape index (κ2) is 7.89. The maximum Gasteiger partial charge on any atom is 0.261 e. The molecule has 0 heterocycles. The minimum atomic E-state index is -3.90. The van der Waals surface area contributed by atoms with E-state index in [0.717, 1.165) is 12.1 Å². The molecule has 8 heteroatoms. The van der Waals surface area contributed by atoms with Gasteiger partial charge in [-0.1, -0.05) is 6.07 Å². The number of hydrogen-bond acceptors (Lipinski definition) is 4. The number of hydrogen-bond donors (Lipinski definition) is 3. The SMILES string of the molecule is O=C(NCCCO)c1cccc(S(=O)(=O)Nc2ccc(F)cc2)c1. The fraction of sp³-hybridized carbons (Fsp3) is 0.188. The molecule has 0 aliphatic carbocycles. The van der Waals surface area contributed by atoms with Crippen LogP contribution in [0.25, 0.3) is 0 Å². The first kappa shape index (κ1) is 17.9. The number of aliphatic hydroxyl groups excluding tert-OH is 1. The molecule has 0 saturated carbocycles. The van der Waals surface area contributed by atoms with E-state index in [4.69, 9.17) is 5.11 Å². The summed E-state index contributed by atoms with van der Waals surface area (Å²) in [4.78, 5) is 11.9. The van der Waals surface area contributed by atoms with Gasteiger partial charge in [0.1, 0.15) is 5.82 Å². The highest BCUT2D eigenvalue weighted by Gasteiger charge is 2.16. The van der Waals surface area contributed by atoms with Crippen molar-refractivity contribution in [1.29, 1.82) is 0 Å². The molecule has 0 unspecified atom stereocenters. The summed E-state index contributed by atoms with van der Waals surface area (Å²) in [5.41, 5.74) is 0.407. The summed E-state index contributed by atoms with van der Waals surface area (Å²) < 4.78 is 39.9. The van der Waals surface area contributed by atoms with Gasteiger partial charge >= 0.3 is 0 Å². The van der Waals surface area contributed by atoms with Crippen LogP contribution in [0.15, 0.2) is 53.4 Å². The lowest BCUT2D eigenvalue weighted by molar-refractivity contribution is 0.0951. The molecule has 0 bridgehead atoms. The summed E-state index contributed by atoms with van der Waals surface area (Å²) in [6, 6.07) is 10.4. The van der Waals surface area contributed by atoms with Gasteiger partial charge in [-0.25, -0.2) is 12.8 Å². The van der Waals surface area contributed by atoms with Crippen molar-refractivity contribution in [3.8, 4) is 0 Å². The molecule has 0 aliphatic heterocycles. The summed E-state index contributed by atoms with van der Waals surface area (Å²) >= 11 is 0. The van der Waals surface area contributed by atoms with E-state index in [-0.39, 0.29) is 22.8 Å². The Balaban J connectivity index is 2.17. The quantitative estimate of drug-likeness (QED) is 0.662. The van der Waals surface area contributed by atoms with Crippen LogP contribution in [0.3, 0.4) is 0 Å². The summed E-state index contributed by atoms with van der Waals surface area (Å²) in [5, 5.41) is 11.3. The van der Waals surface area contributed by atoms with Crippen molar-refractivity contribution in [3.63, 3.8) is 0 Å². The molecular weight excluding hydrogens is 335 g/mol. The molecule has 24 heavy (non-hydrogen) atoms. The third-order valence-electron chi connectivity index (χ3n) is 3.12. The third-order valence-corrected chi connectivity index (χ3v) is 4.50. The normalized spacial score (nSPS) is 11.1. The van der Waals surface area contributed by atoms with Crippen LogP contribution in [0.1, 0.15) is 16.8 Å². The number of halogens is 1. The van der Waals surface area contributed by atoms with E-state index in [9.17, 15) is 17.6 Å². The van der Waals surface area contributed by atoms with Crippen molar-refractivity contribution in [2.75, 3.05) is 17.9 Å². The van der Waals surface area contributed by atoms with E-state index >= 15 is 0 Å². The molecule has 0 aliphatic rings. The zero-order chi connectivity index (χ0) is 17.6. The Kier molecular flexibility index (Phi) is 5.88. The first-order valence-corrected chi connectivity index (χ1v) is 8.68. The van der Waals surface area contributed by atoms with Crippen LogP contribution in [0.2, 0.25) is 0 Å². The van der Waals surface area contributed by atoms with Gasteiger partial charge in [0, 0.05) is 24.4 Å². The molecule has 2 aromatic rings. The van der Waals surface area contributed by atoms with Gasteiger partial charge in [0.2, 0.25) is 0 Å². The number of rotatable bonds is 7. The number of anilines is 1. The van der Waals surface area contributed by atoms with Crippen molar-refractivity contribution in [2.45, 2.75) is 11.3 Å². The fourth-order valence-corrected chi connectivity index (χ4v) is 3.02. The Morgan fingerprint density at radius 1 is 1.12 bits per heavy atom. The number of nitrogens with one attached hydrogen (secondary N) is 2. The Morgan fingerprint density at radius 2 is 1.83 bits per heavy atom. The van der Waals surface area contributed by atoms with Gasteiger partial charge in [-0.05, 0) is 48.9 Å². The smallest absolute Gasteiger partial charge is 0.261 e. The highest BCUT2D eigenvalue weighted by molar-refractivity contribution is 7.92. The Labute approximate surface area is 139 Å². The maximum atomic E-state index is 12.9. The topological polar surface area (TPSA) is 95.5 Å². The number of carbonyl (C=O) groups excluding carboxylic acids is 1. The minimum Gasteiger partial charge on any atom is -0.396 e. The molecule has 0 spiro atoms. The van der Waals surface area contributed by atoms with E-state index in [1.54, 1.807) is 0 Å². The summed E-state index contributed by atoms with van der Waals surface area (Å²) in [7, 11) is -3.90. The molecule has 3 N–H and O–H groups in total. The second-order valence-electron chi connectivity index (χ2n) is 4.97. The average molecular weight is 352 g/mol. The van der Waals surface area contributed by atoms with Crippen LogP contribution in [-0.2, 0) is 10.0 Å². The van der Waals surface area contributed by atoms with Crippen molar-refractivity contribution in [2.24, 2.45) is 0 Å². The van der Waals surface area contributed by atoms with Gasteiger partial charge in [-0.3, -0.25) is 9.52 Å². The van der Waals surface area contributed by atoms with Crippen molar-refractivity contribution in [3.05, 3.63) is 59.9 Å². The molecule has 6 nitrogen and oxygen atoms in total. The number of benzene rings is 2. The highest BCUT2D eigenvalue weighted by Crippen LogP contribution is 2.17. The van der Waals surface area contributed by atoms with Gasteiger partial charge in [0.25, 0.3) is 15.9 Å². The van der Waals surface area contributed by atoms with E-state index in [0.29, 0.717) is 13.0 Å². The van der Waals surface area contributed by atoms with E-state index in [1.807, 2.05) is 0 Å². The molecular formula is C16H17FN2O4S. The van der Waals surface area contributed by atoms with Crippen molar-refractivity contribution >= 4 is 21.6 Å². The number of sulfonamides is 1. The molecule has 1 amide bonds. The molecule has 0 radical (unpaired) electrons. The summed E-state index contributed by atoms with van der Waals surface area (Å²) in [5.74, 6) is -0.901. The molecule has 0 atom stereocenters. The number of carbonyl (C=O) groups is 1. The minimum absolute atomic E-state index is 0.0453. The number of amides is 1. The zero-order valence-electron chi connectivity index (χ0n) is 12.7. The highest BCUT2D eigenvalue weighted by atomic mass is 32.2. The van der Waals surface area contributed by atoms with Gasteiger partial charge < -0.3 is 10.4 Å². The summed E-state index contributed by atoms with van der Waals surface area (Å²) in [6.07, 6.45) is 0.413. The molecule has 2 aromatic carbocycles. The number of aliphatic hydroxyl groups is 1. The Bertz CT molecular complexity index is 807. The van der Waals surface area contributed by atoms with Crippen molar-refractivity contribution in [1.82, 2.24) is 5.32 Å². The van der Waals surface area contributed by atoms with Crippen LogP contribution < -0.4 is 10.0 Å². The standard InChI is InChI=1S/C16H17FN2O4S/c17-13-5-7-14(8-6-13)19-24(22,23)15-4-1-3-12(11-15)16(21)18-9-2-10-20/h1,3-8,11,19-20H,2,9-10H2,(H,18,21). The molecule has 0 fully saturated rings. The predicted octanol–water partition coefficient (Wildman–Crippen LogP) is 1.74. The van der Waals surface area contributed by atoms with Gasteiger partial charge in [0.05, 0.1) is 4.90 Å². The second-order valence-corrected chi connectivity index (χ2v) is 6.66. The largest absolute Gasteiger partial charge is 0.396 e. The lowest BCUT2D eigenvalue weighted by atomic mass is 10.2. The van der Waals surface area contributed by atoms with Gasteiger partial charge in [-0.2, -0.15) is 0 Å². The lowest BCUT2D eigenvalue weighted by Gasteiger charge is -2.10. The Hall–Kier alpha value is -2.45. The first-order valence-electron chi connectivity index (χ1n) is 7.20. The molecule has 2 rings (SSSR count). The predicted molar refractivity (Wildman–Crippen MR) is 87.7 cm³/mol. The monoisotopic (exact) mass is 352 g/mol. The maximum absolute atomic E-state index is 12.9. The summed E-state index contributed by atoms with van der Waals surface area (Å²) in [6.45, 7) is 0.246. The van der Waals surface area contributed by atoms with Crippen LogP contribution in [0, 0.1) is 5.82 Å². The zero-order valence-corrected chi connectivity index (χ0v) is 13.5. The van der Waals surface area contributed by atoms with Crippen molar-refractivity contribution < 1.29 is 22.7 Å². The molecule has 128 valence electrons. The average Bonchev–Trinajstić information content (AvgIpc) is 2.57. The van der Waals surface area contributed by atoms with Crippen LogP contribution in [-0.4, -0.2) is 32.6 Å². The van der Waals surface area contributed by atoms with Crippen LogP contribution in [0.4, 0.5) is 10.1 Å². The Morgan fingerprint density at radius 3 is 2.50 bits per heavy atom. The van der Waals surface area contributed by atoms with Crippen LogP contribution in [0.5, 0.6) is 0 Å².